The number of aliphatic hydroxyl groups excluding tert-OH is 1. The molecule has 0 fully saturated rings. The van der Waals surface area contributed by atoms with E-state index in [1.54, 1.807) is 13.8 Å². The Hall–Kier alpha value is -0.610. The first kappa shape index (κ1) is 12.4. The number of hydrogen-bond donors (Lipinski definition) is 3. The molecule has 0 bridgehead atoms. The molecule has 1 unspecified atom stereocenters. The third kappa shape index (κ3) is 6.54. The van der Waals surface area contributed by atoms with Gasteiger partial charge >= 0.3 is 0 Å². The molecular weight excluding hydrogens is 168 g/mol. The van der Waals surface area contributed by atoms with E-state index in [0.717, 1.165) is 6.42 Å². The van der Waals surface area contributed by atoms with Crippen molar-refractivity contribution in [3.8, 4) is 0 Å². The molecule has 0 aliphatic heterocycles. The average Bonchev–Trinajstić information content (AvgIpc) is 2.10. The van der Waals surface area contributed by atoms with Gasteiger partial charge in [0, 0.05) is 13.1 Å². The van der Waals surface area contributed by atoms with Gasteiger partial charge in [0.15, 0.2) is 0 Å². The van der Waals surface area contributed by atoms with Crippen LogP contribution in [0.2, 0.25) is 0 Å². The Balaban J connectivity index is 3.57. The summed E-state index contributed by atoms with van der Waals surface area (Å²) in [6.45, 7) is 6.63. The molecule has 0 aliphatic rings. The Labute approximate surface area is 79.7 Å². The highest BCUT2D eigenvalue weighted by Gasteiger charge is 2.11. The number of aliphatic hydroxyl groups is 1. The molecule has 0 aromatic carbocycles. The molecule has 0 aromatic heterocycles. The van der Waals surface area contributed by atoms with Gasteiger partial charge in [-0.2, -0.15) is 0 Å². The third-order valence-corrected chi connectivity index (χ3v) is 1.66. The quantitative estimate of drug-likeness (QED) is 0.544. The molecule has 0 saturated heterocycles. The van der Waals surface area contributed by atoms with E-state index in [9.17, 15) is 4.79 Å². The molecule has 3 N–H and O–H groups in total. The number of carbonyl (C=O) groups is 1. The smallest absolute Gasteiger partial charge is 0.236 e. The first-order valence-corrected chi connectivity index (χ1v) is 4.77. The Morgan fingerprint density at radius 1 is 1.46 bits per heavy atom. The predicted molar refractivity (Wildman–Crippen MR) is 52.4 cm³/mol. The van der Waals surface area contributed by atoms with E-state index < -0.39 is 6.10 Å². The SMILES string of the molecule is CCCNC(=O)C(C)NC[C@H](C)O. The fourth-order valence-electron chi connectivity index (χ4n) is 0.841. The van der Waals surface area contributed by atoms with Crippen molar-refractivity contribution in [1.82, 2.24) is 10.6 Å². The van der Waals surface area contributed by atoms with Crippen LogP contribution in [-0.4, -0.2) is 36.2 Å². The monoisotopic (exact) mass is 188 g/mol. The van der Waals surface area contributed by atoms with E-state index in [-0.39, 0.29) is 11.9 Å². The normalized spacial score (nSPS) is 15.1. The minimum absolute atomic E-state index is 0.0116. The first-order valence-electron chi connectivity index (χ1n) is 4.77. The summed E-state index contributed by atoms with van der Waals surface area (Å²) in [6.07, 6.45) is 0.524. The zero-order chi connectivity index (χ0) is 10.3. The molecule has 13 heavy (non-hydrogen) atoms. The second-order valence-electron chi connectivity index (χ2n) is 3.27. The number of nitrogens with one attached hydrogen (secondary N) is 2. The summed E-state index contributed by atoms with van der Waals surface area (Å²) >= 11 is 0. The van der Waals surface area contributed by atoms with Crippen LogP contribution >= 0.6 is 0 Å². The molecule has 0 radical (unpaired) electrons. The zero-order valence-electron chi connectivity index (χ0n) is 8.63. The van der Waals surface area contributed by atoms with Crippen LogP contribution in [0, 0.1) is 0 Å². The van der Waals surface area contributed by atoms with Gasteiger partial charge in [-0.25, -0.2) is 0 Å². The lowest BCUT2D eigenvalue weighted by Crippen LogP contribution is -2.44. The van der Waals surface area contributed by atoms with Crippen molar-refractivity contribution in [2.24, 2.45) is 0 Å². The minimum atomic E-state index is -0.415. The fraction of sp³-hybridized carbons (Fsp3) is 0.889. The molecule has 1 amide bonds. The van der Waals surface area contributed by atoms with Crippen LogP contribution in [-0.2, 0) is 4.79 Å². The fourth-order valence-corrected chi connectivity index (χ4v) is 0.841. The average molecular weight is 188 g/mol. The van der Waals surface area contributed by atoms with Crippen molar-refractivity contribution < 1.29 is 9.90 Å². The molecule has 4 nitrogen and oxygen atoms in total. The zero-order valence-corrected chi connectivity index (χ0v) is 8.63. The van der Waals surface area contributed by atoms with Gasteiger partial charge < -0.3 is 15.7 Å². The van der Waals surface area contributed by atoms with Crippen LogP contribution < -0.4 is 10.6 Å². The molecule has 0 heterocycles. The topological polar surface area (TPSA) is 61.4 Å². The molecule has 78 valence electrons. The Bertz CT molecular complexity index is 149. The van der Waals surface area contributed by atoms with Crippen LogP contribution in [0.5, 0.6) is 0 Å². The van der Waals surface area contributed by atoms with Crippen LogP contribution in [0.3, 0.4) is 0 Å². The molecule has 0 spiro atoms. The van der Waals surface area contributed by atoms with Crippen molar-refractivity contribution >= 4 is 5.91 Å². The van der Waals surface area contributed by atoms with Gasteiger partial charge in [0.1, 0.15) is 0 Å². The lowest BCUT2D eigenvalue weighted by molar-refractivity contribution is -0.122. The standard InChI is InChI=1S/C9H20N2O2/c1-4-5-10-9(13)8(3)11-6-7(2)12/h7-8,11-12H,4-6H2,1-3H3,(H,10,13)/t7-,8?/m0/s1. The molecule has 4 heteroatoms. The van der Waals surface area contributed by atoms with E-state index >= 15 is 0 Å². The van der Waals surface area contributed by atoms with Crippen molar-refractivity contribution in [2.75, 3.05) is 13.1 Å². The van der Waals surface area contributed by atoms with Crippen molar-refractivity contribution in [3.63, 3.8) is 0 Å². The minimum Gasteiger partial charge on any atom is -0.392 e. The molecule has 0 aromatic rings. The first-order chi connectivity index (χ1) is 6.07. The van der Waals surface area contributed by atoms with Gasteiger partial charge in [-0.15, -0.1) is 0 Å². The highest BCUT2D eigenvalue weighted by Crippen LogP contribution is 1.84. The highest BCUT2D eigenvalue weighted by molar-refractivity contribution is 5.81. The van der Waals surface area contributed by atoms with Crippen molar-refractivity contribution in [3.05, 3.63) is 0 Å². The second-order valence-corrected chi connectivity index (χ2v) is 3.27. The van der Waals surface area contributed by atoms with Crippen LogP contribution in [0.15, 0.2) is 0 Å². The van der Waals surface area contributed by atoms with E-state index in [1.807, 2.05) is 6.92 Å². The lowest BCUT2D eigenvalue weighted by atomic mass is 10.3. The summed E-state index contributed by atoms with van der Waals surface area (Å²) in [4.78, 5) is 11.3. The van der Waals surface area contributed by atoms with Gasteiger partial charge in [0.25, 0.3) is 0 Å². The Kier molecular flexibility index (Phi) is 6.54. The molecule has 0 aliphatic carbocycles. The van der Waals surface area contributed by atoms with E-state index in [0.29, 0.717) is 13.1 Å². The Morgan fingerprint density at radius 2 is 2.08 bits per heavy atom. The summed E-state index contributed by atoms with van der Waals surface area (Å²) in [5, 5.41) is 14.7. The molecule has 0 rings (SSSR count). The van der Waals surface area contributed by atoms with E-state index in [1.165, 1.54) is 0 Å². The highest BCUT2D eigenvalue weighted by atomic mass is 16.3. The number of hydrogen-bond acceptors (Lipinski definition) is 3. The summed E-state index contributed by atoms with van der Waals surface area (Å²) in [7, 11) is 0. The maximum absolute atomic E-state index is 11.3. The van der Waals surface area contributed by atoms with Crippen molar-refractivity contribution in [2.45, 2.75) is 39.3 Å². The molecule has 0 saturated carbocycles. The van der Waals surface area contributed by atoms with E-state index in [2.05, 4.69) is 10.6 Å². The van der Waals surface area contributed by atoms with Gasteiger partial charge in [-0.05, 0) is 20.3 Å². The molecule has 2 atom stereocenters. The summed E-state index contributed by atoms with van der Waals surface area (Å²) < 4.78 is 0. The predicted octanol–water partition coefficient (Wildman–Crippen LogP) is -0.128. The second kappa shape index (κ2) is 6.86. The number of amides is 1. The number of carbonyl (C=O) groups excluding carboxylic acids is 1. The third-order valence-electron chi connectivity index (χ3n) is 1.66. The van der Waals surface area contributed by atoms with E-state index in [4.69, 9.17) is 5.11 Å². The molecular formula is C9H20N2O2. The largest absolute Gasteiger partial charge is 0.392 e. The van der Waals surface area contributed by atoms with Crippen LogP contribution in [0.1, 0.15) is 27.2 Å². The Morgan fingerprint density at radius 3 is 2.54 bits per heavy atom. The summed E-state index contributed by atoms with van der Waals surface area (Å²) in [6, 6.07) is -0.235. The van der Waals surface area contributed by atoms with Gasteiger partial charge in [0.05, 0.1) is 12.1 Å². The maximum Gasteiger partial charge on any atom is 0.236 e. The number of rotatable bonds is 6. The van der Waals surface area contributed by atoms with Gasteiger partial charge in [0.2, 0.25) is 5.91 Å². The van der Waals surface area contributed by atoms with Gasteiger partial charge in [-0.1, -0.05) is 6.92 Å². The maximum atomic E-state index is 11.3. The van der Waals surface area contributed by atoms with Crippen LogP contribution in [0.4, 0.5) is 0 Å². The van der Waals surface area contributed by atoms with Gasteiger partial charge in [-0.3, -0.25) is 4.79 Å². The lowest BCUT2D eigenvalue weighted by Gasteiger charge is -2.14. The van der Waals surface area contributed by atoms with Crippen LogP contribution in [0.25, 0.3) is 0 Å². The summed E-state index contributed by atoms with van der Waals surface area (Å²) in [5.74, 6) is -0.0116. The summed E-state index contributed by atoms with van der Waals surface area (Å²) in [5.41, 5.74) is 0. The van der Waals surface area contributed by atoms with Crippen molar-refractivity contribution in [1.29, 1.82) is 0 Å².